The summed E-state index contributed by atoms with van der Waals surface area (Å²) in [7, 11) is 0. The Morgan fingerprint density at radius 3 is 2.80 bits per heavy atom. The van der Waals surface area contributed by atoms with Crippen LogP contribution in [0.15, 0.2) is 42.5 Å². The number of nitrogens with zero attached hydrogens (tertiary/aromatic N) is 2. The van der Waals surface area contributed by atoms with Crippen molar-refractivity contribution in [3.8, 4) is 11.3 Å². The minimum atomic E-state index is -0.457. The van der Waals surface area contributed by atoms with Crippen molar-refractivity contribution in [2.24, 2.45) is 0 Å². The van der Waals surface area contributed by atoms with E-state index in [0.717, 1.165) is 33.8 Å². The molecule has 1 aromatic heterocycles. The smallest absolute Gasteiger partial charge is 0.257 e. The fourth-order valence-electron chi connectivity index (χ4n) is 3.85. The van der Waals surface area contributed by atoms with Gasteiger partial charge in [-0.3, -0.25) is 14.9 Å². The van der Waals surface area contributed by atoms with Crippen LogP contribution in [-0.2, 0) is 11.2 Å². The second-order valence-corrected chi connectivity index (χ2v) is 8.61. The minimum absolute atomic E-state index is 0.126. The number of aryl methyl sites for hydroxylation is 1. The number of carbonyl (C=O) groups is 2. The highest BCUT2D eigenvalue weighted by Crippen LogP contribution is 2.38. The zero-order valence-corrected chi connectivity index (χ0v) is 17.8. The Balaban J connectivity index is 1.59. The number of hydrogen-bond acceptors (Lipinski definition) is 4. The fourth-order valence-corrected chi connectivity index (χ4v) is 4.68. The maximum atomic E-state index is 13.4. The first kappa shape index (κ1) is 20.2. The Kier molecular flexibility index (Phi) is 5.39. The number of rotatable bonds is 4. The van der Waals surface area contributed by atoms with Crippen molar-refractivity contribution < 1.29 is 14.0 Å². The molecule has 0 unspecified atom stereocenters. The summed E-state index contributed by atoms with van der Waals surface area (Å²) in [5.41, 5.74) is 4.08. The van der Waals surface area contributed by atoms with Gasteiger partial charge >= 0.3 is 0 Å². The number of nitrogens with one attached hydrogen (secondary N) is 1. The van der Waals surface area contributed by atoms with Gasteiger partial charge in [-0.1, -0.05) is 19.1 Å². The van der Waals surface area contributed by atoms with Crippen LogP contribution in [0.5, 0.6) is 0 Å². The van der Waals surface area contributed by atoms with Gasteiger partial charge in [0.2, 0.25) is 5.91 Å². The molecule has 5 nitrogen and oxygen atoms in total. The normalized spacial score (nSPS) is 15.2. The first-order valence-corrected chi connectivity index (χ1v) is 10.7. The molecule has 2 aromatic carbocycles. The molecule has 30 heavy (non-hydrogen) atoms. The second kappa shape index (κ2) is 7.99. The topological polar surface area (TPSA) is 62.3 Å². The third-order valence-corrected chi connectivity index (χ3v) is 6.13. The van der Waals surface area contributed by atoms with E-state index in [1.807, 2.05) is 30.9 Å². The van der Waals surface area contributed by atoms with Gasteiger partial charge in [-0.05, 0) is 56.2 Å². The second-order valence-electron chi connectivity index (χ2n) is 7.40. The molecule has 0 aliphatic carbocycles. The highest BCUT2D eigenvalue weighted by atomic mass is 32.1. The molecule has 2 amide bonds. The first-order chi connectivity index (χ1) is 14.4. The maximum absolute atomic E-state index is 13.4. The van der Waals surface area contributed by atoms with Gasteiger partial charge in [0.25, 0.3) is 5.91 Å². The molecule has 2 heterocycles. The summed E-state index contributed by atoms with van der Waals surface area (Å²) in [5, 5.41) is 3.22. The maximum Gasteiger partial charge on any atom is 0.257 e. The number of fused-ring (bicyclic) bond motifs is 1. The van der Waals surface area contributed by atoms with Gasteiger partial charge in [0, 0.05) is 34.2 Å². The molecule has 0 spiro atoms. The van der Waals surface area contributed by atoms with Crippen LogP contribution in [0.3, 0.4) is 0 Å². The van der Waals surface area contributed by atoms with E-state index in [-0.39, 0.29) is 17.5 Å². The van der Waals surface area contributed by atoms with Gasteiger partial charge in [-0.25, -0.2) is 9.37 Å². The van der Waals surface area contributed by atoms with Gasteiger partial charge in [0.1, 0.15) is 5.82 Å². The molecular formula is C23H22FN3O2S. The molecule has 0 bridgehead atoms. The Morgan fingerprint density at radius 2 is 2.07 bits per heavy atom. The molecule has 0 radical (unpaired) electrons. The Morgan fingerprint density at radius 1 is 1.27 bits per heavy atom. The van der Waals surface area contributed by atoms with E-state index in [9.17, 15) is 14.0 Å². The molecule has 0 fully saturated rings. The van der Waals surface area contributed by atoms with Crippen LogP contribution in [-0.4, -0.2) is 22.8 Å². The number of hydrogen-bond donors (Lipinski definition) is 1. The number of carbonyl (C=O) groups excluding carboxylic acids is 2. The van der Waals surface area contributed by atoms with Gasteiger partial charge in [0.05, 0.1) is 5.69 Å². The van der Waals surface area contributed by atoms with Gasteiger partial charge in [0.15, 0.2) is 5.13 Å². The van der Waals surface area contributed by atoms with Crippen molar-refractivity contribution in [3.63, 3.8) is 0 Å². The number of halogens is 1. The van der Waals surface area contributed by atoms with Crippen molar-refractivity contribution >= 4 is 34.0 Å². The lowest BCUT2D eigenvalue weighted by molar-refractivity contribution is -0.118. The summed E-state index contributed by atoms with van der Waals surface area (Å²) in [6, 6.07) is 11.7. The number of thiazole rings is 1. The zero-order chi connectivity index (χ0) is 21.4. The van der Waals surface area contributed by atoms with E-state index >= 15 is 0 Å². The van der Waals surface area contributed by atoms with Crippen LogP contribution in [0.2, 0.25) is 0 Å². The summed E-state index contributed by atoms with van der Waals surface area (Å²) in [4.78, 5) is 32.1. The van der Waals surface area contributed by atoms with Crippen molar-refractivity contribution in [1.29, 1.82) is 0 Å². The van der Waals surface area contributed by atoms with Crippen molar-refractivity contribution in [2.45, 2.75) is 39.7 Å². The summed E-state index contributed by atoms with van der Waals surface area (Å²) in [6.07, 6.45) is 1.28. The van der Waals surface area contributed by atoms with Crippen molar-refractivity contribution in [2.75, 3.05) is 10.2 Å². The number of anilines is 2. The third kappa shape index (κ3) is 3.73. The monoisotopic (exact) mass is 423 g/mol. The van der Waals surface area contributed by atoms with Gasteiger partial charge < -0.3 is 4.90 Å². The predicted octanol–water partition coefficient (Wildman–Crippen LogP) is 5.20. The molecule has 4 rings (SSSR count). The summed E-state index contributed by atoms with van der Waals surface area (Å²) >= 11 is 1.38. The standard InChI is InChI=1S/C23H22FN3O2S/c1-4-20(28)27-13(2)10-17-11-15(8-9-19(17)27)21-14(3)30-23(25-21)26-22(29)16-6-5-7-18(24)12-16/h5-9,11-13H,4,10H2,1-3H3,(H,25,26,29)/t13-/m0/s1. The Labute approximate surface area is 178 Å². The van der Waals surface area contributed by atoms with Gasteiger partial charge in [-0.2, -0.15) is 0 Å². The summed E-state index contributed by atoms with van der Waals surface area (Å²) in [5.74, 6) is -0.728. The highest BCUT2D eigenvalue weighted by Gasteiger charge is 2.30. The lowest BCUT2D eigenvalue weighted by Crippen LogP contribution is -2.35. The lowest BCUT2D eigenvalue weighted by atomic mass is 10.0. The number of benzene rings is 2. The minimum Gasteiger partial charge on any atom is -0.309 e. The molecule has 1 atom stereocenters. The molecule has 1 aliphatic rings. The van der Waals surface area contributed by atoms with E-state index < -0.39 is 11.7 Å². The number of amides is 2. The van der Waals surface area contributed by atoms with Crippen LogP contribution in [0.25, 0.3) is 11.3 Å². The van der Waals surface area contributed by atoms with E-state index in [1.54, 1.807) is 6.07 Å². The highest BCUT2D eigenvalue weighted by molar-refractivity contribution is 7.16. The molecule has 0 saturated carbocycles. The van der Waals surface area contributed by atoms with Crippen LogP contribution in [0, 0.1) is 12.7 Å². The van der Waals surface area contributed by atoms with Crippen LogP contribution >= 0.6 is 11.3 Å². The molecule has 154 valence electrons. The predicted molar refractivity (Wildman–Crippen MR) is 118 cm³/mol. The van der Waals surface area contributed by atoms with Crippen LogP contribution in [0.1, 0.15) is 41.1 Å². The van der Waals surface area contributed by atoms with Crippen molar-refractivity contribution in [3.05, 3.63) is 64.3 Å². The quantitative estimate of drug-likeness (QED) is 0.628. The molecular weight excluding hydrogens is 401 g/mol. The van der Waals surface area contributed by atoms with E-state index in [4.69, 9.17) is 0 Å². The average molecular weight is 424 g/mol. The fraction of sp³-hybridized carbons (Fsp3) is 0.261. The van der Waals surface area contributed by atoms with Crippen LogP contribution < -0.4 is 10.2 Å². The van der Waals surface area contributed by atoms with E-state index in [0.29, 0.717) is 11.6 Å². The summed E-state index contributed by atoms with van der Waals surface area (Å²) in [6.45, 7) is 5.88. The average Bonchev–Trinajstić information content (AvgIpc) is 3.25. The molecule has 7 heteroatoms. The molecule has 1 aliphatic heterocycles. The molecule has 1 N–H and O–H groups in total. The Bertz CT molecular complexity index is 1140. The number of aromatic nitrogens is 1. The largest absolute Gasteiger partial charge is 0.309 e. The zero-order valence-electron chi connectivity index (χ0n) is 17.0. The Hall–Kier alpha value is -3.06. The molecule has 0 saturated heterocycles. The van der Waals surface area contributed by atoms with E-state index in [1.165, 1.54) is 29.5 Å². The SMILES string of the molecule is CCC(=O)N1c2ccc(-c3nc(NC(=O)c4cccc(F)c4)sc3C)cc2C[C@@H]1C. The van der Waals surface area contributed by atoms with E-state index in [2.05, 4.69) is 23.3 Å². The first-order valence-electron chi connectivity index (χ1n) is 9.87. The van der Waals surface area contributed by atoms with Crippen LogP contribution in [0.4, 0.5) is 15.2 Å². The van der Waals surface area contributed by atoms with Crippen molar-refractivity contribution in [1.82, 2.24) is 4.98 Å². The third-order valence-electron chi connectivity index (χ3n) is 5.24. The van der Waals surface area contributed by atoms with Gasteiger partial charge in [-0.15, -0.1) is 11.3 Å². The lowest BCUT2D eigenvalue weighted by Gasteiger charge is -2.22. The summed E-state index contributed by atoms with van der Waals surface area (Å²) < 4.78 is 13.4. The molecule has 3 aromatic rings.